The minimum atomic E-state index is -4.76. The molecule has 0 atom stereocenters. The highest BCUT2D eigenvalue weighted by Crippen LogP contribution is 2.41. The van der Waals surface area contributed by atoms with Crippen LogP contribution >= 0.6 is 27.5 Å². The highest BCUT2D eigenvalue weighted by Gasteiger charge is 2.37. The first-order chi connectivity index (χ1) is 11.1. The summed E-state index contributed by atoms with van der Waals surface area (Å²) in [4.78, 5) is 11.9. The molecule has 1 aromatic heterocycles. The lowest BCUT2D eigenvalue weighted by Gasteiger charge is -2.17. The molecule has 126 valence electrons. The Hall–Kier alpha value is -2.18. The zero-order valence-corrected chi connectivity index (χ0v) is 14.3. The van der Waals surface area contributed by atoms with Crippen molar-refractivity contribution in [3.8, 4) is 11.8 Å². The normalized spacial score (nSPS) is 11.2. The summed E-state index contributed by atoms with van der Waals surface area (Å²) in [5.74, 6) is -0.982. The van der Waals surface area contributed by atoms with Crippen LogP contribution in [0, 0.1) is 11.3 Å². The molecule has 0 aliphatic rings. The molecule has 1 heterocycles. The molecule has 0 unspecified atom stereocenters. The van der Waals surface area contributed by atoms with Gasteiger partial charge in [-0.2, -0.15) is 18.4 Å². The van der Waals surface area contributed by atoms with Gasteiger partial charge in [0.15, 0.2) is 5.69 Å². The molecular weight excluding hydrogens is 415 g/mol. The number of methoxy groups -OCH3 is 1. The summed E-state index contributed by atoms with van der Waals surface area (Å²) in [6.45, 7) is 0. The molecule has 24 heavy (non-hydrogen) atoms. The minimum Gasteiger partial charge on any atom is -0.464 e. The fourth-order valence-corrected chi connectivity index (χ4v) is 3.12. The van der Waals surface area contributed by atoms with Gasteiger partial charge in [0.25, 0.3) is 0 Å². The van der Waals surface area contributed by atoms with Crippen LogP contribution in [0.2, 0.25) is 5.02 Å². The Morgan fingerprint density at radius 2 is 2.08 bits per heavy atom. The Balaban J connectivity index is 2.93. The van der Waals surface area contributed by atoms with Crippen LogP contribution in [0.15, 0.2) is 22.8 Å². The third-order valence-corrected chi connectivity index (χ3v) is 3.94. The maximum absolute atomic E-state index is 13.4. The number of rotatable bonds is 2. The molecule has 5 nitrogen and oxygen atoms in total. The largest absolute Gasteiger partial charge is 0.464 e. The number of hydrogen-bond donors (Lipinski definition) is 1. The zero-order chi connectivity index (χ0) is 18.2. The first-order valence-corrected chi connectivity index (χ1v) is 7.34. The third-order valence-electron chi connectivity index (χ3n) is 3.12. The van der Waals surface area contributed by atoms with Crippen LogP contribution in [-0.4, -0.2) is 17.6 Å². The van der Waals surface area contributed by atoms with Crippen LogP contribution < -0.4 is 5.73 Å². The van der Waals surface area contributed by atoms with E-state index in [1.807, 2.05) is 0 Å². The Morgan fingerprint density at radius 3 is 2.58 bits per heavy atom. The lowest BCUT2D eigenvalue weighted by atomic mass is 10.1. The molecule has 0 fully saturated rings. The van der Waals surface area contributed by atoms with E-state index in [4.69, 9.17) is 22.6 Å². The Labute approximate surface area is 147 Å². The third kappa shape index (κ3) is 3.07. The van der Waals surface area contributed by atoms with Crippen molar-refractivity contribution in [2.75, 3.05) is 12.8 Å². The molecular formula is C14H8BrClF3N3O2. The maximum Gasteiger partial charge on any atom is 0.418 e. The summed E-state index contributed by atoms with van der Waals surface area (Å²) >= 11 is 8.71. The molecule has 0 aliphatic heterocycles. The van der Waals surface area contributed by atoms with Gasteiger partial charge in [-0.1, -0.05) is 11.6 Å². The van der Waals surface area contributed by atoms with Crippen LogP contribution in [0.25, 0.3) is 5.69 Å². The number of aromatic nitrogens is 1. The Bertz CT molecular complexity index is 872. The van der Waals surface area contributed by atoms with Gasteiger partial charge in [0.2, 0.25) is 0 Å². The highest BCUT2D eigenvalue weighted by molar-refractivity contribution is 9.10. The average molecular weight is 423 g/mol. The van der Waals surface area contributed by atoms with Crippen molar-refractivity contribution in [2.45, 2.75) is 6.18 Å². The standard InChI is InChI=1S/C14H8BrClF3N3O2/c1-24-13(23)12-10(21)6(4-20)5-22(12)11-8(14(17,18)19)2-7(16)3-9(11)15/h2-3,5H,21H2,1H3. The number of ether oxygens (including phenoxy) is 1. The van der Waals surface area contributed by atoms with Crippen LogP contribution in [0.1, 0.15) is 21.6 Å². The van der Waals surface area contributed by atoms with E-state index in [9.17, 15) is 18.0 Å². The van der Waals surface area contributed by atoms with Gasteiger partial charge in [-0.05, 0) is 28.1 Å². The molecule has 2 aromatic rings. The van der Waals surface area contributed by atoms with Gasteiger partial charge in [-0.15, -0.1) is 0 Å². The van der Waals surface area contributed by atoms with Crippen LogP contribution in [0.4, 0.5) is 18.9 Å². The van der Waals surface area contributed by atoms with Gasteiger partial charge in [-0.3, -0.25) is 0 Å². The fraction of sp³-hybridized carbons (Fsp3) is 0.143. The number of benzene rings is 1. The average Bonchev–Trinajstić information content (AvgIpc) is 2.81. The van der Waals surface area contributed by atoms with Gasteiger partial charge in [-0.25, -0.2) is 4.79 Å². The van der Waals surface area contributed by atoms with Gasteiger partial charge >= 0.3 is 12.1 Å². The molecule has 0 aliphatic carbocycles. The summed E-state index contributed by atoms with van der Waals surface area (Å²) in [5.41, 5.74) is 3.34. The molecule has 2 rings (SSSR count). The van der Waals surface area contributed by atoms with E-state index >= 15 is 0 Å². The van der Waals surface area contributed by atoms with E-state index in [-0.39, 0.29) is 26.4 Å². The quantitative estimate of drug-likeness (QED) is 0.737. The SMILES string of the molecule is COC(=O)c1c(N)c(C#N)cn1-c1c(Br)cc(Cl)cc1C(F)(F)F. The smallest absolute Gasteiger partial charge is 0.418 e. The maximum atomic E-state index is 13.4. The number of carbonyl (C=O) groups is 1. The van der Waals surface area contributed by atoms with Crippen molar-refractivity contribution in [1.29, 1.82) is 5.26 Å². The highest BCUT2D eigenvalue weighted by atomic mass is 79.9. The predicted molar refractivity (Wildman–Crippen MR) is 83.9 cm³/mol. The van der Waals surface area contributed by atoms with Crippen molar-refractivity contribution >= 4 is 39.2 Å². The molecule has 0 saturated carbocycles. The van der Waals surface area contributed by atoms with Gasteiger partial charge in [0, 0.05) is 15.7 Å². The van der Waals surface area contributed by atoms with Gasteiger partial charge in [0.1, 0.15) is 6.07 Å². The van der Waals surface area contributed by atoms with Crippen LogP contribution in [0.5, 0.6) is 0 Å². The van der Waals surface area contributed by atoms with E-state index in [0.717, 1.165) is 17.9 Å². The second-order valence-electron chi connectivity index (χ2n) is 4.56. The van der Waals surface area contributed by atoms with E-state index in [0.29, 0.717) is 6.07 Å². The zero-order valence-electron chi connectivity index (χ0n) is 11.9. The Kier molecular flexibility index (Phi) is 4.82. The van der Waals surface area contributed by atoms with E-state index < -0.39 is 23.4 Å². The number of hydrogen-bond acceptors (Lipinski definition) is 4. The van der Waals surface area contributed by atoms with Crippen molar-refractivity contribution < 1.29 is 22.7 Å². The number of nitrogens with two attached hydrogens (primary N) is 1. The Morgan fingerprint density at radius 1 is 1.46 bits per heavy atom. The number of nitrogens with zero attached hydrogens (tertiary/aromatic N) is 2. The molecule has 0 spiro atoms. The molecule has 10 heteroatoms. The number of carbonyl (C=O) groups excluding carboxylic acids is 1. The summed E-state index contributed by atoms with van der Waals surface area (Å²) in [5, 5.41) is 8.90. The molecule has 0 saturated heterocycles. The predicted octanol–water partition coefficient (Wildman–Crippen LogP) is 4.15. The summed E-state index contributed by atoms with van der Waals surface area (Å²) in [6, 6.07) is 3.66. The first kappa shape index (κ1) is 18.2. The molecule has 0 amide bonds. The number of alkyl halides is 3. The van der Waals surface area contributed by atoms with Crippen molar-refractivity contribution in [1.82, 2.24) is 4.57 Å². The number of halogens is 5. The minimum absolute atomic E-state index is 0.0352. The molecule has 2 N–H and O–H groups in total. The lowest BCUT2D eigenvalue weighted by molar-refractivity contribution is -0.137. The first-order valence-electron chi connectivity index (χ1n) is 6.17. The van der Waals surface area contributed by atoms with E-state index in [1.54, 1.807) is 6.07 Å². The lowest BCUT2D eigenvalue weighted by Crippen LogP contribution is -2.16. The summed E-state index contributed by atoms with van der Waals surface area (Å²) in [7, 11) is 1.05. The number of esters is 1. The second kappa shape index (κ2) is 6.37. The monoisotopic (exact) mass is 421 g/mol. The number of nitriles is 1. The summed E-state index contributed by atoms with van der Waals surface area (Å²) < 4.78 is 45.6. The van der Waals surface area contributed by atoms with Gasteiger partial charge < -0.3 is 15.0 Å². The van der Waals surface area contributed by atoms with Crippen LogP contribution in [0.3, 0.4) is 0 Å². The molecule has 0 radical (unpaired) electrons. The fourth-order valence-electron chi connectivity index (χ4n) is 2.12. The topological polar surface area (TPSA) is 81.0 Å². The molecule has 0 bridgehead atoms. The summed E-state index contributed by atoms with van der Waals surface area (Å²) in [6.07, 6.45) is -3.73. The van der Waals surface area contributed by atoms with Crippen molar-refractivity contribution in [3.05, 3.63) is 44.6 Å². The van der Waals surface area contributed by atoms with Crippen LogP contribution in [-0.2, 0) is 10.9 Å². The number of nitrogen functional groups attached to an aromatic ring is 1. The van der Waals surface area contributed by atoms with Crippen molar-refractivity contribution in [3.63, 3.8) is 0 Å². The van der Waals surface area contributed by atoms with Crippen molar-refractivity contribution in [2.24, 2.45) is 0 Å². The van der Waals surface area contributed by atoms with E-state index in [1.165, 1.54) is 6.07 Å². The number of anilines is 1. The van der Waals surface area contributed by atoms with E-state index in [2.05, 4.69) is 20.7 Å². The second-order valence-corrected chi connectivity index (χ2v) is 5.85. The van der Waals surface area contributed by atoms with Gasteiger partial charge in [0.05, 0.1) is 29.6 Å². The molecule has 1 aromatic carbocycles.